The van der Waals surface area contributed by atoms with Gasteiger partial charge in [-0.1, -0.05) is 25.0 Å². The summed E-state index contributed by atoms with van der Waals surface area (Å²) < 4.78 is 0. The number of nitrogens with zero attached hydrogens (tertiary/aromatic N) is 1. The molecule has 0 radical (unpaired) electrons. The van der Waals surface area contributed by atoms with Crippen LogP contribution in [0.5, 0.6) is 0 Å². The van der Waals surface area contributed by atoms with Crippen molar-refractivity contribution in [2.45, 2.75) is 51.5 Å². The molecule has 1 aromatic carbocycles. The van der Waals surface area contributed by atoms with Gasteiger partial charge in [0.15, 0.2) is 0 Å². The maximum atomic E-state index is 11.9. The lowest BCUT2D eigenvalue weighted by molar-refractivity contribution is -0.139. The number of likely N-dealkylation sites (tertiary alicyclic amines) is 1. The van der Waals surface area contributed by atoms with Crippen molar-refractivity contribution >= 4 is 23.4 Å². The van der Waals surface area contributed by atoms with Crippen LogP contribution in [-0.2, 0) is 20.9 Å². The lowest BCUT2D eigenvalue weighted by Gasteiger charge is -2.14. The number of anilines is 1. The second-order valence-electron chi connectivity index (χ2n) is 6.07. The van der Waals surface area contributed by atoms with Gasteiger partial charge in [0, 0.05) is 24.9 Å². The molecule has 1 aromatic rings. The maximum Gasteiger partial charge on any atom is 0.229 e. The zero-order chi connectivity index (χ0) is 17.4. The van der Waals surface area contributed by atoms with E-state index in [1.807, 2.05) is 12.1 Å². The minimum Gasteiger partial charge on any atom is -0.330 e. The Hall–Kier alpha value is -2.21. The van der Waals surface area contributed by atoms with Crippen LogP contribution >= 0.6 is 0 Å². The normalized spacial score (nSPS) is 14.3. The zero-order valence-corrected chi connectivity index (χ0v) is 13.9. The first kappa shape index (κ1) is 18.1. The molecule has 0 spiro atoms. The number of rotatable bonds is 9. The minimum absolute atomic E-state index is 0.000368. The topological polar surface area (TPSA) is 92.5 Å². The summed E-state index contributed by atoms with van der Waals surface area (Å²) >= 11 is 0. The molecule has 1 saturated heterocycles. The molecule has 1 fully saturated rings. The lowest BCUT2D eigenvalue weighted by atomic mass is 10.1. The molecule has 0 atom stereocenters. The molecule has 0 aromatic heterocycles. The third-order valence-corrected chi connectivity index (χ3v) is 4.09. The van der Waals surface area contributed by atoms with Crippen molar-refractivity contribution in [1.29, 1.82) is 0 Å². The number of nitrogens with two attached hydrogens (primary N) is 1. The molecule has 6 nitrogen and oxygen atoms in total. The van der Waals surface area contributed by atoms with Crippen LogP contribution < -0.4 is 11.1 Å². The molecule has 2 rings (SSSR count). The highest BCUT2D eigenvalue weighted by Crippen LogP contribution is 2.17. The van der Waals surface area contributed by atoms with E-state index in [-0.39, 0.29) is 17.7 Å². The Morgan fingerprint density at radius 3 is 2.25 bits per heavy atom. The van der Waals surface area contributed by atoms with Crippen molar-refractivity contribution in [3.63, 3.8) is 0 Å². The van der Waals surface area contributed by atoms with Crippen molar-refractivity contribution < 1.29 is 14.4 Å². The van der Waals surface area contributed by atoms with E-state index in [4.69, 9.17) is 5.73 Å². The lowest BCUT2D eigenvalue weighted by Crippen LogP contribution is -2.28. The van der Waals surface area contributed by atoms with Crippen LogP contribution in [0.4, 0.5) is 5.69 Å². The van der Waals surface area contributed by atoms with E-state index in [1.165, 1.54) is 4.90 Å². The van der Waals surface area contributed by atoms with E-state index in [2.05, 4.69) is 5.32 Å². The molecule has 3 N–H and O–H groups in total. The van der Waals surface area contributed by atoms with Crippen molar-refractivity contribution in [2.75, 3.05) is 11.9 Å². The fourth-order valence-electron chi connectivity index (χ4n) is 2.68. The van der Waals surface area contributed by atoms with Gasteiger partial charge in [0.1, 0.15) is 0 Å². The second kappa shape index (κ2) is 9.17. The molecule has 1 heterocycles. The molecule has 0 saturated carbocycles. The first-order chi connectivity index (χ1) is 11.6. The quantitative estimate of drug-likeness (QED) is 0.536. The summed E-state index contributed by atoms with van der Waals surface area (Å²) in [5.74, 6) is -0.237. The summed E-state index contributed by atoms with van der Waals surface area (Å²) in [6, 6.07) is 7.25. The van der Waals surface area contributed by atoms with Gasteiger partial charge in [0.05, 0.1) is 6.54 Å². The number of hydrogen-bond acceptors (Lipinski definition) is 4. The van der Waals surface area contributed by atoms with Crippen molar-refractivity contribution in [1.82, 2.24) is 4.90 Å². The molecular weight excluding hydrogens is 306 g/mol. The molecule has 6 heteroatoms. The third-order valence-electron chi connectivity index (χ3n) is 4.09. The average molecular weight is 331 g/mol. The number of amides is 3. The molecule has 130 valence electrons. The Morgan fingerprint density at radius 1 is 1.00 bits per heavy atom. The Kier molecular flexibility index (Phi) is 6.93. The van der Waals surface area contributed by atoms with Crippen LogP contribution in [0.25, 0.3) is 0 Å². The monoisotopic (exact) mass is 331 g/mol. The van der Waals surface area contributed by atoms with E-state index in [0.29, 0.717) is 32.4 Å². The Morgan fingerprint density at radius 2 is 1.62 bits per heavy atom. The van der Waals surface area contributed by atoms with Gasteiger partial charge in [0.25, 0.3) is 0 Å². The van der Waals surface area contributed by atoms with Crippen LogP contribution in [0.1, 0.15) is 50.5 Å². The van der Waals surface area contributed by atoms with Gasteiger partial charge in [-0.05, 0) is 37.1 Å². The number of unbranched alkanes of at least 4 members (excludes halogenated alkanes) is 3. The van der Waals surface area contributed by atoms with E-state index in [0.717, 1.165) is 36.9 Å². The van der Waals surface area contributed by atoms with Crippen molar-refractivity contribution in [3.05, 3.63) is 29.8 Å². The highest BCUT2D eigenvalue weighted by atomic mass is 16.2. The zero-order valence-electron chi connectivity index (χ0n) is 13.9. The van der Waals surface area contributed by atoms with E-state index >= 15 is 0 Å². The van der Waals surface area contributed by atoms with Crippen molar-refractivity contribution in [2.24, 2.45) is 5.73 Å². The van der Waals surface area contributed by atoms with Crippen LogP contribution in [0.15, 0.2) is 24.3 Å². The maximum absolute atomic E-state index is 11.9. The number of carbonyl (C=O) groups excluding carboxylic acids is 3. The summed E-state index contributed by atoms with van der Waals surface area (Å²) in [7, 11) is 0. The number of imide groups is 1. The fraction of sp³-hybridized carbons (Fsp3) is 0.500. The van der Waals surface area contributed by atoms with Crippen LogP contribution in [-0.4, -0.2) is 29.2 Å². The van der Waals surface area contributed by atoms with Crippen LogP contribution in [0.3, 0.4) is 0 Å². The van der Waals surface area contributed by atoms with E-state index in [9.17, 15) is 14.4 Å². The summed E-state index contributed by atoms with van der Waals surface area (Å²) in [6.07, 6.45) is 5.06. The standard InChI is InChI=1S/C18H25N3O3/c19-12-4-2-1-3-5-16(22)20-15-8-6-14(7-9-15)13-21-17(23)10-11-18(21)24/h6-9H,1-5,10-13,19H2,(H,20,22). The summed E-state index contributed by atoms with van der Waals surface area (Å²) in [4.78, 5) is 36.4. The second-order valence-corrected chi connectivity index (χ2v) is 6.07. The van der Waals surface area contributed by atoms with Gasteiger partial charge in [-0.3, -0.25) is 19.3 Å². The van der Waals surface area contributed by atoms with Gasteiger partial charge < -0.3 is 11.1 Å². The van der Waals surface area contributed by atoms with Gasteiger partial charge in [-0.2, -0.15) is 0 Å². The third kappa shape index (κ3) is 5.45. The van der Waals surface area contributed by atoms with Gasteiger partial charge in [0.2, 0.25) is 17.7 Å². The molecular formula is C18H25N3O3. The SMILES string of the molecule is NCCCCCCC(=O)Nc1ccc(CN2C(=O)CCC2=O)cc1. The molecule has 0 bridgehead atoms. The van der Waals surface area contributed by atoms with Gasteiger partial charge >= 0.3 is 0 Å². The number of hydrogen-bond donors (Lipinski definition) is 2. The number of nitrogens with one attached hydrogen (secondary N) is 1. The average Bonchev–Trinajstić information content (AvgIpc) is 2.88. The summed E-state index contributed by atoms with van der Waals surface area (Å²) in [5, 5.41) is 2.86. The fourth-order valence-corrected chi connectivity index (χ4v) is 2.68. The van der Waals surface area contributed by atoms with E-state index in [1.54, 1.807) is 12.1 Å². The van der Waals surface area contributed by atoms with Gasteiger partial charge in [-0.25, -0.2) is 0 Å². The Bertz CT molecular complexity index is 568. The van der Waals surface area contributed by atoms with Crippen LogP contribution in [0.2, 0.25) is 0 Å². The van der Waals surface area contributed by atoms with Gasteiger partial charge in [-0.15, -0.1) is 0 Å². The molecule has 24 heavy (non-hydrogen) atoms. The molecule has 0 unspecified atom stereocenters. The van der Waals surface area contributed by atoms with Crippen molar-refractivity contribution in [3.8, 4) is 0 Å². The van der Waals surface area contributed by atoms with E-state index < -0.39 is 0 Å². The first-order valence-electron chi connectivity index (χ1n) is 8.52. The summed E-state index contributed by atoms with van der Waals surface area (Å²) in [5.41, 5.74) is 7.03. The van der Waals surface area contributed by atoms with Crippen LogP contribution in [0, 0.1) is 0 Å². The predicted octanol–water partition coefficient (Wildman–Crippen LogP) is 2.18. The smallest absolute Gasteiger partial charge is 0.229 e. The Labute approximate surface area is 142 Å². The highest BCUT2D eigenvalue weighted by molar-refractivity contribution is 6.01. The highest BCUT2D eigenvalue weighted by Gasteiger charge is 2.28. The number of benzene rings is 1. The minimum atomic E-state index is -0.119. The summed E-state index contributed by atoms with van der Waals surface area (Å²) in [6.45, 7) is 1.00. The molecule has 1 aliphatic heterocycles. The molecule has 3 amide bonds. The first-order valence-corrected chi connectivity index (χ1v) is 8.52. The predicted molar refractivity (Wildman–Crippen MR) is 92.0 cm³/mol. The number of carbonyl (C=O) groups is 3. The largest absolute Gasteiger partial charge is 0.330 e. The molecule has 1 aliphatic rings. The molecule has 0 aliphatic carbocycles. The Balaban J connectivity index is 1.76.